The van der Waals surface area contributed by atoms with Gasteiger partial charge in [-0.15, -0.1) is 0 Å². The summed E-state index contributed by atoms with van der Waals surface area (Å²) in [6.07, 6.45) is 6.98. The molecule has 0 radical (unpaired) electrons. The number of pyridine rings is 1. The second-order valence-corrected chi connectivity index (χ2v) is 11.4. The fourth-order valence-corrected chi connectivity index (χ4v) is 6.10. The Labute approximate surface area is 188 Å². The van der Waals surface area contributed by atoms with E-state index in [1.165, 1.54) is 29.4 Å². The number of hydrogen-bond donors (Lipinski definition) is 1. The molecule has 2 fully saturated rings. The number of nitrogens with zero attached hydrogens (tertiary/aromatic N) is 3. The molecule has 32 heavy (non-hydrogen) atoms. The molecule has 1 saturated heterocycles. The van der Waals surface area contributed by atoms with Crippen LogP contribution in [0.25, 0.3) is 0 Å². The van der Waals surface area contributed by atoms with Gasteiger partial charge in [0.1, 0.15) is 5.82 Å². The van der Waals surface area contributed by atoms with E-state index in [4.69, 9.17) is 0 Å². The van der Waals surface area contributed by atoms with Gasteiger partial charge >= 0.3 is 6.03 Å². The number of hydrogen-bond acceptors (Lipinski definition) is 5. The normalized spacial score (nSPS) is 26.0. The zero-order valence-electron chi connectivity index (χ0n) is 18.6. The Bertz CT molecular complexity index is 1130. The molecule has 1 spiro atoms. The molecule has 2 aliphatic rings. The van der Waals surface area contributed by atoms with Crippen molar-refractivity contribution in [1.29, 1.82) is 0 Å². The molecule has 9 heteroatoms. The number of likely N-dealkylation sites (N-methyl/N-ethyl adjacent to an activating group) is 1. The second-order valence-electron chi connectivity index (χ2n) is 9.44. The fraction of sp³-hybridized carbons (Fsp3) is 0.478. The van der Waals surface area contributed by atoms with Crippen molar-refractivity contribution >= 4 is 21.6 Å². The van der Waals surface area contributed by atoms with Gasteiger partial charge in [-0.05, 0) is 63.5 Å². The van der Waals surface area contributed by atoms with Crippen molar-refractivity contribution in [3.8, 4) is 0 Å². The van der Waals surface area contributed by atoms with Crippen molar-refractivity contribution in [1.82, 2.24) is 15.2 Å². The Morgan fingerprint density at radius 2 is 1.91 bits per heavy atom. The number of carbonyl (C=O) groups is 1. The second kappa shape index (κ2) is 8.12. The Kier molecular flexibility index (Phi) is 5.75. The molecule has 1 aliphatic heterocycles. The summed E-state index contributed by atoms with van der Waals surface area (Å²) < 4.78 is 38.5. The molecule has 2 aromatic rings. The third-order valence-corrected chi connectivity index (χ3v) is 7.89. The number of rotatable bonds is 5. The molecule has 2 amide bonds. The Balaban J connectivity index is 1.60. The Hall–Kier alpha value is -2.52. The van der Waals surface area contributed by atoms with Crippen LogP contribution in [0, 0.1) is 5.82 Å². The van der Waals surface area contributed by atoms with Gasteiger partial charge in [0, 0.05) is 24.4 Å². The van der Waals surface area contributed by atoms with Crippen LogP contribution in [0.5, 0.6) is 0 Å². The van der Waals surface area contributed by atoms with Crippen LogP contribution in [-0.2, 0) is 15.3 Å². The number of halogens is 1. The minimum atomic E-state index is -3.51. The first-order chi connectivity index (χ1) is 15.0. The van der Waals surface area contributed by atoms with Crippen LogP contribution in [0.4, 0.5) is 14.9 Å². The lowest BCUT2D eigenvalue weighted by atomic mass is 9.64. The largest absolute Gasteiger partial charge is 0.330 e. The zero-order chi connectivity index (χ0) is 23.1. The van der Waals surface area contributed by atoms with Crippen molar-refractivity contribution < 1.29 is 17.6 Å². The Morgan fingerprint density at radius 3 is 2.53 bits per heavy atom. The first kappa shape index (κ1) is 22.7. The van der Waals surface area contributed by atoms with Gasteiger partial charge in [0.05, 0.1) is 28.9 Å². The molecule has 0 bridgehead atoms. The summed E-state index contributed by atoms with van der Waals surface area (Å²) in [5.74, 6) is -0.244. The van der Waals surface area contributed by atoms with E-state index in [0.29, 0.717) is 25.1 Å². The standard InChI is InChI=1S/C23H29FN4O3S/c1-27(2)15-22(17-5-4-6-18(24)13-17)8-10-23(11-9-22)16-28(21(29)26-23)19-14-25-12-7-20(19)32(3,30)31/h4-7,12-14H,8-11,15-16H2,1-3H3,(H,26,29). The van der Waals surface area contributed by atoms with E-state index in [2.05, 4.69) is 15.2 Å². The van der Waals surface area contributed by atoms with E-state index in [1.807, 2.05) is 20.2 Å². The molecule has 0 atom stereocenters. The number of carbonyl (C=O) groups excluding carboxylic acids is 1. The number of benzene rings is 1. The maximum atomic E-state index is 14.0. The van der Waals surface area contributed by atoms with Gasteiger partial charge in [-0.25, -0.2) is 17.6 Å². The number of nitrogens with one attached hydrogen (secondary N) is 1. The van der Waals surface area contributed by atoms with Gasteiger partial charge in [0.2, 0.25) is 0 Å². The quantitative estimate of drug-likeness (QED) is 0.742. The summed E-state index contributed by atoms with van der Waals surface area (Å²) in [4.78, 5) is 20.7. The van der Waals surface area contributed by atoms with Crippen molar-refractivity contribution in [2.24, 2.45) is 0 Å². The van der Waals surface area contributed by atoms with Crippen LogP contribution in [0.1, 0.15) is 31.2 Å². The molecule has 1 aromatic heterocycles. The molecule has 7 nitrogen and oxygen atoms in total. The highest BCUT2D eigenvalue weighted by Crippen LogP contribution is 2.46. The van der Waals surface area contributed by atoms with Gasteiger partial charge in [-0.3, -0.25) is 9.88 Å². The van der Waals surface area contributed by atoms with E-state index >= 15 is 0 Å². The lowest BCUT2D eigenvalue weighted by molar-refractivity contribution is 0.156. The summed E-state index contributed by atoms with van der Waals surface area (Å²) in [6.45, 7) is 1.16. The van der Waals surface area contributed by atoms with E-state index in [9.17, 15) is 17.6 Å². The van der Waals surface area contributed by atoms with Gasteiger partial charge < -0.3 is 10.2 Å². The first-order valence-electron chi connectivity index (χ1n) is 10.7. The van der Waals surface area contributed by atoms with Crippen LogP contribution in [0.2, 0.25) is 0 Å². The Morgan fingerprint density at radius 1 is 1.19 bits per heavy atom. The molecule has 0 unspecified atom stereocenters. The molecule has 4 rings (SSSR count). The monoisotopic (exact) mass is 460 g/mol. The topological polar surface area (TPSA) is 82.6 Å². The molecule has 1 aliphatic carbocycles. The molecule has 1 saturated carbocycles. The fourth-order valence-electron chi connectivity index (χ4n) is 5.24. The van der Waals surface area contributed by atoms with Crippen molar-refractivity contribution in [2.45, 2.75) is 41.5 Å². The molecular weight excluding hydrogens is 431 g/mol. The average Bonchev–Trinajstić information content (AvgIpc) is 3.05. The smallest absolute Gasteiger partial charge is 0.322 e. The van der Waals surface area contributed by atoms with E-state index in [-0.39, 0.29) is 22.2 Å². The maximum Gasteiger partial charge on any atom is 0.322 e. The minimum Gasteiger partial charge on any atom is -0.330 e. The van der Waals surface area contributed by atoms with Crippen LogP contribution in [0.3, 0.4) is 0 Å². The van der Waals surface area contributed by atoms with Gasteiger partial charge in [0.25, 0.3) is 0 Å². The van der Waals surface area contributed by atoms with Crippen LogP contribution >= 0.6 is 0 Å². The average molecular weight is 461 g/mol. The zero-order valence-corrected chi connectivity index (χ0v) is 19.5. The summed E-state index contributed by atoms with van der Waals surface area (Å²) >= 11 is 0. The van der Waals surface area contributed by atoms with Crippen LogP contribution in [0.15, 0.2) is 47.6 Å². The number of anilines is 1. The van der Waals surface area contributed by atoms with E-state index in [0.717, 1.165) is 31.2 Å². The van der Waals surface area contributed by atoms with Gasteiger partial charge in [-0.2, -0.15) is 0 Å². The number of amides is 2. The molecular formula is C23H29FN4O3S. The molecule has 2 heterocycles. The molecule has 1 aromatic carbocycles. The van der Waals surface area contributed by atoms with Gasteiger partial charge in [0.15, 0.2) is 9.84 Å². The van der Waals surface area contributed by atoms with Gasteiger partial charge in [-0.1, -0.05) is 12.1 Å². The van der Waals surface area contributed by atoms with Crippen LogP contribution in [-0.4, -0.2) is 63.3 Å². The summed E-state index contributed by atoms with van der Waals surface area (Å²) in [5, 5.41) is 3.13. The first-order valence-corrected chi connectivity index (χ1v) is 12.6. The minimum absolute atomic E-state index is 0.0947. The predicted octanol–water partition coefficient (Wildman–Crippen LogP) is 2.97. The highest BCUT2D eigenvalue weighted by Gasteiger charge is 2.50. The lowest BCUT2D eigenvalue weighted by Gasteiger charge is -2.46. The van der Waals surface area contributed by atoms with E-state index < -0.39 is 15.4 Å². The third-order valence-electron chi connectivity index (χ3n) is 6.75. The summed E-state index contributed by atoms with van der Waals surface area (Å²) in [6, 6.07) is 7.93. The third kappa shape index (κ3) is 4.23. The van der Waals surface area contributed by atoms with Crippen molar-refractivity contribution in [3.63, 3.8) is 0 Å². The molecule has 172 valence electrons. The van der Waals surface area contributed by atoms with E-state index in [1.54, 1.807) is 12.1 Å². The SMILES string of the molecule is CN(C)CC1(c2cccc(F)c2)CCC2(CC1)CN(c1cnccc1S(C)(=O)=O)C(=O)N2. The molecule has 1 N–H and O–H groups in total. The summed E-state index contributed by atoms with van der Waals surface area (Å²) in [5.41, 5.74) is 0.625. The highest BCUT2D eigenvalue weighted by atomic mass is 32.2. The highest BCUT2D eigenvalue weighted by molar-refractivity contribution is 7.90. The van der Waals surface area contributed by atoms with Crippen LogP contribution < -0.4 is 10.2 Å². The number of urea groups is 1. The lowest BCUT2D eigenvalue weighted by Crippen LogP contribution is -2.52. The predicted molar refractivity (Wildman–Crippen MR) is 121 cm³/mol. The number of sulfone groups is 1. The number of aromatic nitrogens is 1. The van der Waals surface area contributed by atoms with Crippen molar-refractivity contribution in [2.75, 3.05) is 38.3 Å². The summed E-state index contributed by atoms with van der Waals surface area (Å²) in [7, 11) is 0.516. The maximum absolute atomic E-state index is 14.0. The van der Waals surface area contributed by atoms with Crippen molar-refractivity contribution in [3.05, 3.63) is 54.1 Å².